The number of ether oxygens (including phenoxy) is 1. The van der Waals surface area contributed by atoms with Crippen LogP contribution < -0.4 is 0 Å². The minimum Gasteiger partial charge on any atom is -0.465 e. The highest BCUT2D eigenvalue weighted by molar-refractivity contribution is 6.65. The van der Waals surface area contributed by atoms with E-state index in [-0.39, 0.29) is 0 Å². The van der Waals surface area contributed by atoms with Gasteiger partial charge in [0.1, 0.15) is 5.92 Å². The summed E-state index contributed by atoms with van der Waals surface area (Å²) >= 11 is 5.04. The predicted molar refractivity (Wildman–Crippen MR) is 29.9 cm³/mol. The highest BCUT2D eigenvalue weighted by atomic mass is 35.5. The van der Waals surface area contributed by atoms with Crippen LogP contribution in [0.1, 0.15) is 6.42 Å². The van der Waals surface area contributed by atoms with Crippen molar-refractivity contribution >= 4 is 22.8 Å². The summed E-state index contributed by atoms with van der Waals surface area (Å²) in [6.45, 7) is 0.321. The number of cyclic esters (lactones) is 1. The topological polar surface area (TPSA) is 43.4 Å². The van der Waals surface area contributed by atoms with Crippen LogP contribution in [0.4, 0.5) is 0 Å². The predicted octanol–water partition coefficient (Wildman–Crippen LogP) is 0.315. The van der Waals surface area contributed by atoms with Crippen LogP contribution in [-0.4, -0.2) is 17.8 Å². The smallest absolute Gasteiger partial charge is 0.317 e. The van der Waals surface area contributed by atoms with E-state index in [1.807, 2.05) is 0 Å². The van der Waals surface area contributed by atoms with Gasteiger partial charge in [0.2, 0.25) is 5.24 Å². The highest BCUT2D eigenvalue weighted by Crippen LogP contribution is 2.16. The molecule has 0 bridgehead atoms. The Morgan fingerprint density at radius 1 is 1.78 bits per heavy atom. The lowest BCUT2D eigenvalue weighted by molar-refractivity contribution is -0.143. The Labute approximate surface area is 56.9 Å². The minimum absolute atomic E-state index is 0.321. The van der Waals surface area contributed by atoms with E-state index in [4.69, 9.17) is 11.6 Å². The standard InChI is InChI=1S/C5H5ClO3/c6-4(7)3-1-2-9-5(3)8/h3H,1-2H2/t3-/m1/s1. The van der Waals surface area contributed by atoms with Crippen LogP contribution in [0.2, 0.25) is 0 Å². The van der Waals surface area contributed by atoms with Crippen molar-refractivity contribution in [2.45, 2.75) is 6.42 Å². The lowest BCUT2D eigenvalue weighted by atomic mass is 10.1. The lowest BCUT2D eigenvalue weighted by Gasteiger charge is -1.93. The van der Waals surface area contributed by atoms with Crippen LogP contribution in [0.15, 0.2) is 0 Å². The zero-order valence-electron chi connectivity index (χ0n) is 4.59. The highest BCUT2D eigenvalue weighted by Gasteiger charge is 2.31. The van der Waals surface area contributed by atoms with Crippen LogP contribution >= 0.6 is 11.6 Å². The largest absolute Gasteiger partial charge is 0.465 e. The summed E-state index contributed by atoms with van der Waals surface area (Å²) in [6.07, 6.45) is 0.432. The molecule has 50 valence electrons. The first kappa shape index (κ1) is 6.55. The maximum Gasteiger partial charge on any atom is 0.317 e. The Hall–Kier alpha value is -0.570. The minimum atomic E-state index is -0.702. The van der Waals surface area contributed by atoms with Gasteiger partial charge < -0.3 is 4.74 Å². The molecule has 9 heavy (non-hydrogen) atoms. The summed E-state index contributed by atoms with van der Waals surface area (Å²) in [4.78, 5) is 20.8. The van der Waals surface area contributed by atoms with Crippen molar-refractivity contribution in [3.05, 3.63) is 0 Å². The third-order valence-electron chi connectivity index (χ3n) is 1.21. The van der Waals surface area contributed by atoms with E-state index in [1.165, 1.54) is 0 Å². The maximum absolute atomic E-state index is 10.5. The Balaban J connectivity index is 2.60. The van der Waals surface area contributed by atoms with Gasteiger partial charge in [0.15, 0.2) is 0 Å². The molecule has 1 fully saturated rings. The van der Waals surface area contributed by atoms with Crippen molar-refractivity contribution in [3.8, 4) is 0 Å². The lowest BCUT2D eigenvalue weighted by Crippen LogP contribution is -2.13. The summed E-state index contributed by atoms with van der Waals surface area (Å²) in [5.41, 5.74) is 0. The molecule has 0 amide bonds. The molecule has 0 aromatic carbocycles. The second-order valence-corrected chi connectivity index (χ2v) is 2.19. The zero-order valence-corrected chi connectivity index (χ0v) is 5.35. The number of halogens is 1. The summed E-state index contributed by atoms with van der Waals surface area (Å²) in [6, 6.07) is 0. The fraction of sp³-hybridized carbons (Fsp3) is 0.600. The Morgan fingerprint density at radius 3 is 2.67 bits per heavy atom. The first-order chi connectivity index (χ1) is 4.22. The van der Waals surface area contributed by atoms with Crippen molar-refractivity contribution < 1.29 is 14.3 Å². The van der Waals surface area contributed by atoms with Crippen molar-refractivity contribution in [2.75, 3.05) is 6.61 Å². The average molecular weight is 149 g/mol. The molecular formula is C5H5ClO3. The van der Waals surface area contributed by atoms with Gasteiger partial charge in [-0.2, -0.15) is 0 Å². The Bertz CT molecular complexity index is 154. The monoisotopic (exact) mass is 148 g/mol. The Kier molecular flexibility index (Phi) is 1.71. The molecule has 0 radical (unpaired) electrons. The number of hydrogen-bond donors (Lipinski definition) is 0. The van der Waals surface area contributed by atoms with Crippen LogP contribution in [0.25, 0.3) is 0 Å². The number of rotatable bonds is 1. The second kappa shape index (κ2) is 2.35. The summed E-state index contributed by atoms with van der Waals surface area (Å²) < 4.78 is 4.48. The van der Waals surface area contributed by atoms with Crippen LogP contribution in [0.5, 0.6) is 0 Å². The average Bonchev–Trinajstić information content (AvgIpc) is 2.13. The molecule has 4 heteroatoms. The SMILES string of the molecule is O=C(Cl)[C@H]1CCOC1=O. The molecule has 1 saturated heterocycles. The summed E-state index contributed by atoms with van der Waals surface area (Å²) in [7, 11) is 0. The van der Waals surface area contributed by atoms with Gasteiger partial charge in [-0.1, -0.05) is 0 Å². The molecule has 0 aromatic heterocycles. The summed E-state index contributed by atoms with van der Waals surface area (Å²) in [5.74, 6) is -1.19. The summed E-state index contributed by atoms with van der Waals surface area (Å²) in [5, 5.41) is -0.613. The number of carbonyl (C=O) groups excluding carboxylic acids is 2. The quantitative estimate of drug-likeness (QED) is 0.306. The first-order valence-electron chi connectivity index (χ1n) is 2.58. The van der Waals surface area contributed by atoms with Gasteiger partial charge >= 0.3 is 5.97 Å². The van der Waals surface area contributed by atoms with Gasteiger partial charge in [-0.25, -0.2) is 0 Å². The van der Waals surface area contributed by atoms with Crippen molar-refractivity contribution in [3.63, 3.8) is 0 Å². The van der Waals surface area contributed by atoms with Crippen molar-refractivity contribution in [2.24, 2.45) is 5.92 Å². The van der Waals surface area contributed by atoms with Gasteiger partial charge in [0.25, 0.3) is 0 Å². The van der Waals surface area contributed by atoms with E-state index < -0.39 is 17.1 Å². The second-order valence-electron chi connectivity index (χ2n) is 1.81. The van der Waals surface area contributed by atoms with Gasteiger partial charge in [-0.3, -0.25) is 9.59 Å². The van der Waals surface area contributed by atoms with Gasteiger partial charge in [-0.15, -0.1) is 0 Å². The molecule has 1 heterocycles. The zero-order chi connectivity index (χ0) is 6.85. The van der Waals surface area contributed by atoms with E-state index in [9.17, 15) is 9.59 Å². The fourth-order valence-corrected chi connectivity index (χ4v) is 0.900. The molecule has 0 saturated carbocycles. The van der Waals surface area contributed by atoms with Crippen molar-refractivity contribution in [1.82, 2.24) is 0 Å². The van der Waals surface area contributed by atoms with E-state index in [0.717, 1.165) is 0 Å². The molecule has 0 unspecified atom stereocenters. The van der Waals surface area contributed by atoms with Crippen molar-refractivity contribution in [1.29, 1.82) is 0 Å². The maximum atomic E-state index is 10.5. The van der Waals surface area contributed by atoms with E-state index >= 15 is 0 Å². The number of esters is 1. The molecular weight excluding hydrogens is 144 g/mol. The third kappa shape index (κ3) is 1.21. The number of hydrogen-bond acceptors (Lipinski definition) is 3. The molecule has 0 spiro atoms. The molecule has 3 nitrogen and oxygen atoms in total. The third-order valence-corrected chi connectivity index (χ3v) is 1.47. The van der Waals surface area contributed by atoms with Crippen LogP contribution in [0, 0.1) is 5.92 Å². The molecule has 1 atom stereocenters. The van der Waals surface area contributed by atoms with Crippen LogP contribution in [0.3, 0.4) is 0 Å². The molecule has 0 aliphatic carbocycles. The van der Waals surface area contributed by atoms with E-state index in [1.54, 1.807) is 0 Å². The fourth-order valence-electron chi connectivity index (χ4n) is 0.702. The number of carbonyl (C=O) groups is 2. The Morgan fingerprint density at radius 2 is 2.44 bits per heavy atom. The van der Waals surface area contributed by atoms with E-state index in [0.29, 0.717) is 13.0 Å². The molecule has 1 aliphatic rings. The van der Waals surface area contributed by atoms with E-state index in [2.05, 4.69) is 4.74 Å². The normalized spacial score (nSPS) is 25.9. The molecule has 0 aromatic rings. The first-order valence-corrected chi connectivity index (χ1v) is 2.95. The van der Waals surface area contributed by atoms with Gasteiger partial charge in [0, 0.05) is 6.42 Å². The van der Waals surface area contributed by atoms with Gasteiger partial charge in [-0.05, 0) is 11.6 Å². The molecule has 1 aliphatic heterocycles. The molecule has 1 rings (SSSR count). The van der Waals surface area contributed by atoms with Gasteiger partial charge in [0.05, 0.1) is 6.61 Å². The van der Waals surface area contributed by atoms with Crippen LogP contribution in [-0.2, 0) is 14.3 Å². The molecule has 0 N–H and O–H groups in total.